The van der Waals surface area contributed by atoms with Crippen LogP contribution < -0.4 is 5.32 Å². The summed E-state index contributed by atoms with van der Waals surface area (Å²) in [5, 5.41) is 6.15. The average molecular weight is 347 g/mol. The predicted octanol–water partition coefficient (Wildman–Crippen LogP) is 5.49. The molecule has 3 aromatic rings. The van der Waals surface area contributed by atoms with Gasteiger partial charge in [0.05, 0.1) is 0 Å². The summed E-state index contributed by atoms with van der Waals surface area (Å²) in [6.07, 6.45) is 2.21. The van der Waals surface area contributed by atoms with E-state index in [1.165, 1.54) is 16.5 Å². The minimum atomic E-state index is 0.461. The summed E-state index contributed by atoms with van der Waals surface area (Å²) in [5.41, 5.74) is 3.60. The van der Waals surface area contributed by atoms with Crippen LogP contribution in [0.5, 0.6) is 0 Å². The summed E-state index contributed by atoms with van der Waals surface area (Å²) in [5.74, 6) is 0. The lowest BCUT2D eigenvalue weighted by Crippen LogP contribution is -2.21. The van der Waals surface area contributed by atoms with E-state index in [1.54, 1.807) is 6.07 Å². The van der Waals surface area contributed by atoms with E-state index in [4.69, 9.17) is 23.2 Å². The summed E-state index contributed by atoms with van der Waals surface area (Å²) >= 11 is 12.3. The monoisotopic (exact) mass is 346 g/mol. The smallest absolute Gasteiger partial charge is 0.0491 e. The number of para-hydroxylation sites is 1. The SMILES string of the molecule is CC(C)NCc1cn(Cc2ccc(Cl)cc2Cl)c2ccccc12. The van der Waals surface area contributed by atoms with Gasteiger partial charge in [0.15, 0.2) is 0 Å². The first kappa shape index (κ1) is 16.4. The van der Waals surface area contributed by atoms with E-state index in [2.05, 4.69) is 54.2 Å². The molecular formula is C19H20Cl2N2. The van der Waals surface area contributed by atoms with Gasteiger partial charge in [-0.05, 0) is 29.3 Å². The Morgan fingerprint density at radius 2 is 1.83 bits per heavy atom. The van der Waals surface area contributed by atoms with Crippen LogP contribution in [0.4, 0.5) is 0 Å². The fourth-order valence-electron chi connectivity index (χ4n) is 2.74. The molecule has 0 aliphatic rings. The van der Waals surface area contributed by atoms with Gasteiger partial charge < -0.3 is 9.88 Å². The molecule has 0 saturated heterocycles. The molecule has 3 rings (SSSR count). The van der Waals surface area contributed by atoms with Crippen LogP contribution in [0.25, 0.3) is 10.9 Å². The highest BCUT2D eigenvalue weighted by atomic mass is 35.5. The third-order valence-electron chi connectivity index (χ3n) is 3.93. The molecule has 0 spiro atoms. The summed E-state index contributed by atoms with van der Waals surface area (Å²) in [4.78, 5) is 0. The molecule has 1 N–H and O–H groups in total. The number of hydrogen-bond acceptors (Lipinski definition) is 1. The second-order valence-corrected chi connectivity index (χ2v) is 6.91. The molecule has 0 bridgehead atoms. The van der Waals surface area contributed by atoms with Crippen LogP contribution in [0, 0.1) is 0 Å². The van der Waals surface area contributed by atoms with Crippen molar-refractivity contribution in [2.75, 3.05) is 0 Å². The Morgan fingerprint density at radius 1 is 1.04 bits per heavy atom. The van der Waals surface area contributed by atoms with Crippen LogP contribution >= 0.6 is 23.2 Å². The molecule has 4 heteroatoms. The molecule has 1 aromatic heterocycles. The summed E-state index contributed by atoms with van der Waals surface area (Å²) in [6.45, 7) is 5.91. The van der Waals surface area contributed by atoms with E-state index in [-0.39, 0.29) is 0 Å². The first-order valence-corrected chi connectivity index (χ1v) is 8.54. The van der Waals surface area contributed by atoms with Crippen molar-refractivity contribution in [1.29, 1.82) is 0 Å². The molecule has 2 aromatic carbocycles. The summed E-state index contributed by atoms with van der Waals surface area (Å²) in [7, 11) is 0. The zero-order valence-corrected chi connectivity index (χ0v) is 14.8. The van der Waals surface area contributed by atoms with E-state index >= 15 is 0 Å². The molecule has 0 aliphatic carbocycles. The predicted molar refractivity (Wildman–Crippen MR) is 99.5 cm³/mol. The Hall–Kier alpha value is -1.48. The third kappa shape index (κ3) is 3.72. The maximum atomic E-state index is 6.33. The van der Waals surface area contributed by atoms with Crippen molar-refractivity contribution in [3.05, 3.63) is 69.8 Å². The van der Waals surface area contributed by atoms with E-state index < -0.39 is 0 Å². The third-order valence-corrected chi connectivity index (χ3v) is 4.51. The Kier molecular flexibility index (Phi) is 4.96. The Balaban J connectivity index is 1.97. The van der Waals surface area contributed by atoms with Crippen LogP contribution in [0.3, 0.4) is 0 Å². The fourth-order valence-corrected chi connectivity index (χ4v) is 3.21. The maximum absolute atomic E-state index is 6.33. The van der Waals surface area contributed by atoms with Crippen LogP contribution in [-0.4, -0.2) is 10.6 Å². The number of aromatic nitrogens is 1. The first-order chi connectivity index (χ1) is 11.0. The number of rotatable bonds is 5. The highest BCUT2D eigenvalue weighted by Crippen LogP contribution is 2.26. The first-order valence-electron chi connectivity index (χ1n) is 7.78. The molecule has 1 heterocycles. The highest BCUT2D eigenvalue weighted by Gasteiger charge is 2.10. The van der Waals surface area contributed by atoms with Crippen molar-refractivity contribution >= 4 is 34.1 Å². The number of nitrogens with zero attached hydrogens (tertiary/aromatic N) is 1. The molecule has 2 nitrogen and oxygen atoms in total. The van der Waals surface area contributed by atoms with E-state index in [0.717, 1.165) is 18.7 Å². The molecule has 0 aliphatic heterocycles. The van der Waals surface area contributed by atoms with Gasteiger partial charge in [0, 0.05) is 46.3 Å². The number of benzene rings is 2. The van der Waals surface area contributed by atoms with Crippen LogP contribution in [0.1, 0.15) is 25.0 Å². The molecular weight excluding hydrogens is 327 g/mol. The van der Waals surface area contributed by atoms with E-state index in [0.29, 0.717) is 16.1 Å². The van der Waals surface area contributed by atoms with Crippen molar-refractivity contribution in [3.63, 3.8) is 0 Å². The fraction of sp³-hybridized carbons (Fsp3) is 0.263. The standard InChI is InChI=1S/C19H20Cl2N2/c1-13(2)22-10-15-12-23(19-6-4-3-5-17(15)19)11-14-7-8-16(20)9-18(14)21/h3-9,12-13,22H,10-11H2,1-2H3. The lowest BCUT2D eigenvalue weighted by molar-refractivity contribution is 0.589. The normalized spacial score (nSPS) is 11.5. The largest absolute Gasteiger partial charge is 0.343 e. The second kappa shape index (κ2) is 6.96. The molecule has 0 amide bonds. The van der Waals surface area contributed by atoms with Crippen LogP contribution in [0.15, 0.2) is 48.7 Å². The van der Waals surface area contributed by atoms with Gasteiger partial charge in [-0.15, -0.1) is 0 Å². The lowest BCUT2D eigenvalue weighted by Gasteiger charge is -2.08. The zero-order chi connectivity index (χ0) is 16.4. The lowest BCUT2D eigenvalue weighted by atomic mass is 10.1. The summed E-state index contributed by atoms with van der Waals surface area (Å²) in [6, 6.07) is 14.6. The Labute approximate surface area is 147 Å². The summed E-state index contributed by atoms with van der Waals surface area (Å²) < 4.78 is 2.25. The van der Waals surface area contributed by atoms with Crippen molar-refractivity contribution in [3.8, 4) is 0 Å². The number of halogens is 2. The number of fused-ring (bicyclic) bond motifs is 1. The van der Waals surface area contributed by atoms with Crippen molar-refractivity contribution in [2.24, 2.45) is 0 Å². The molecule has 120 valence electrons. The Morgan fingerprint density at radius 3 is 2.57 bits per heavy atom. The quantitative estimate of drug-likeness (QED) is 0.645. The highest BCUT2D eigenvalue weighted by molar-refractivity contribution is 6.35. The minimum absolute atomic E-state index is 0.461. The van der Waals surface area contributed by atoms with Gasteiger partial charge in [-0.2, -0.15) is 0 Å². The average Bonchev–Trinajstić information content (AvgIpc) is 2.86. The van der Waals surface area contributed by atoms with Gasteiger partial charge in [-0.25, -0.2) is 0 Å². The molecule has 0 radical (unpaired) electrons. The maximum Gasteiger partial charge on any atom is 0.0491 e. The van der Waals surface area contributed by atoms with Crippen molar-refractivity contribution < 1.29 is 0 Å². The molecule has 0 fully saturated rings. The van der Waals surface area contributed by atoms with E-state index in [9.17, 15) is 0 Å². The van der Waals surface area contributed by atoms with E-state index in [1.807, 2.05) is 12.1 Å². The number of hydrogen-bond donors (Lipinski definition) is 1. The zero-order valence-electron chi connectivity index (χ0n) is 13.3. The molecule has 0 unspecified atom stereocenters. The second-order valence-electron chi connectivity index (χ2n) is 6.07. The van der Waals surface area contributed by atoms with Crippen molar-refractivity contribution in [1.82, 2.24) is 9.88 Å². The van der Waals surface area contributed by atoms with Gasteiger partial charge in [0.1, 0.15) is 0 Å². The van der Waals surface area contributed by atoms with Crippen LogP contribution in [0.2, 0.25) is 10.0 Å². The number of nitrogens with one attached hydrogen (secondary N) is 1. The van der Waals surface area contributed by atoms with Gasteiger partial charge in [0.2, 0.25) is 0 Å². The van der Waals surface area contributed by atoms with Gasteiger partial charge in [-0.1, -0.05) is 61.3 Å². The topological polar surface area (TPSA) is 17.0 Å². The van der Waals surface area contributed by atoms with Gasteiger partial charge >= 0.3 is 0 Å². The van der Waals surface area contributed by atoms with Gasteiger partial charge in [-0.3, -0.25) is 0 Å². The Bertz CT molecular complexity index is 821. The van der Waals surface area contributed by atoms with Crippen molar-refractivity contribution in [2.45, 2.75) is 33.0 Å². The molecule has 0 saturated carbocycles. The minimum Gasteiger partial charge on any atom is -0.343 e. The molecule has 0 atom stereocenters. The van der Waals surface area contributed by atoms with Gasteiger partial charge in [0.25, 0.3) is 0 Å². The molecule has 23 heavy (non-hydrogen) atoms. The van der Waals surface area contributed by atoms with Crippen LogP contribution in [-0.2, 0) is 13.1 Å².